The first kappa shape index (κ1) is 19.7. The number of aromatic nitrogens is 1. The highest BCUT2D eigenvalue weighted by Gasteiger charge is 2.25. The Morgan fingerprint density at radius 2 is 1.80 bits per heavy atom. The molecule has 0 fully saturated rings. The number of para-hydroxylation sites is 1. The first-order valence-corrected chi connectivity index (χ1v) is 10.2. The third-order valence-electron chi connectivity index (χ3n) is 4.40. The number of anilines is 2. The van der Waals surface area contributed by atoms with Crippen molar-refractivity contribution in [3.05, 3.63) is 82.0 Å². The topological polar surface area (TPSA) is 71.9 Å². The zero-order valence-electron chi connectivity index (χ0n) is 16.7. The molecule has 0 bridgehead atoms. The summed E-state index contributed by atoms with van der Waals surface area (Å²) in [6.07, 6.45) is 1.57. The monoisotopic (exact) mass is 417 g/mol. The van der Waals surface area contributed by atoms with Gasteiger partial charge < -0.3 is 4.74 Å². The van der Waals surface area contributed by atoms with E-state index in [2.05, 4.69) is 9.98 Å². The highest BCUT2D eigenvalue weighted by Crippen LogP contribution is 2.30. The number of esters is 1. The Morgan fingerprint density at radius 1 is 1.10 bits per heavy atom. The lowest BCUT2D eigenvalue weighted by Crippen LogP contribution is -2.22. The van der Waals surface area contributed by atoms with Crippen molar-refractivity contribution in [2.75, 3.05) is 4.90 Å². The van der Waals surface area contributed by atoms with Gasteiger partial charge in [0.2, 0.25) is 11.8 Å². The first-order chi connectivity index (χ1) is 14.4. The number of cyclic esters (lactones) is 1. The smallest absolute Gasteiger partial charge is 0.363 e. The van der Waals surface area contributed by atoms with Crippen molar-refractivity contribution in [2.45, 2.75) is 20.8 Å². The van der Waals surface area contributed by atoms with E-state index in [9.17, 15) is 9.59 Å². The number of aliphatic imine (C=N–C) groups is 1. The summed E-state index contributed by atoms with van der Waals surface area (Å²) in [5.41, 5.74) is 4.33. The molecule has 4 rings (SSSR count). The van der Waals surface area contributed by atoms with E-state index >= 15 is 0 Å². The highest BCUT2D eigenvalue weighted by atomic mass is 32.1. The summed E-state index contributed by atoms with van der Waals surface area (Å²) in [7, 11) is 0. The minimum absolute atomic E-state index is 0.148. The van der Waals surface area contributed by atoms with E-state index in [0.29, 0.717) is 10.8 Å². The van der Waals surface area contributed by atoms with Gasteiger partial charge in [-0.15, -0.1) is 11.3 Å². The van der Waals surface area contributed by atoms with Gasteiger partial charge in [0.15, 0.2) is 10.8 Å². The molecule has 1 aliphatic rings. The van der Waals surface area contributed by atoms with Crippen molar-refractivity contribution in [1.82, 2.24) is 4.98 Å². The van der Waals surface area contributed by atoms with Crippen LogP contribution in [-0.4, -0.2) is 22.8 Å². The standard InChI is InChI=1S/C23H19N3O3S/c1-14-9-15(2)11-17(10-14)21-25-20(22(28)29-21)12-18-13-30-23(24-18)26(16(3)27)19-7-5-4-6-8-19/h4-13H,1-3H3/b20-12-. The van der Waals surface area contributed by atoms with E-state index in [1.54, 1.807) is 11.5 Å². The molecule has 0 atom stereocenters. The maximum atomic E-state index is 12.3. The van der Waals surface area contributed by atoms with Gasteiger partial charge in [-0.1, -0.05) is 35.4 Å². The molecule has 150 valence electrons. The lowest BCUT2D eigenvalue weighted by Gasteiger charge is -2.17. The van der Waals surface area contributed by atoms with Crippen LogP contribution in [0.3, 0.4) is 0 Å². The number of thiazole rings is 1. The van der Waals surface area contributed by atoms with Gasteiger partial charge in [0.1, 0.15) is 0 Å². The number of carbonyl (C=O) groups excluding carboxylic acids is 2. The molecular weight excluding hydrogens is 398 g/mol. The van der Waals surface area contributed by atoms with Crippen LogP contribution in [0.1, 0.15) is 29.3 Å². The van der Waals surface area contributed by atoms with Crippen molar-refractivity contribution in [2.24, 2.45) is 4.99 Å². The maximum absolute atomic E-state index is 12.3. The number of amides is 1. The average molecular weight is 417 g/mol. The zero-order valence-corrected chi connectivity index (χ0v) is 17.6. The van der Waals surface area contributed by atoms with Crippen LogP contribution < -0.4 is 4.90 Å². The van der Waals surface area contributed by atoms with Gasteiger partial charge in [-0.2, -0.15) is 0 Å². The van der Waals surface area contributed by atoms with Crippen molar-refractivity contribution < 1.29 is 14.3 Å². The predicted molar refractivity (Wildman–Crippen MR) is 118 cm³/mol. The largest absolute Gasteiger partial charge is 0.402 e. The van der Waals surface area contributed by atoms with E-state index in [1.807, 2.05) is 62.4 Å². The average Bonchev–Trinajstić information content (AvgIpc) is 3.29. The third-order valence-corrected chi connectivity index (χ3v) is 5.25. The van der Waals surface area contributed by atoms with Gasteiger partial charge in [0.25, 0.3) is 0 Å². The number of hydrogen-bond donors (Lipinski definition) is 0. The summed E-state index contributed by atoms with van der Waals surface area (Å²) in [6, 6.07) is 15.2. The van der Waals surface area contributed by atoms with E-state index in [0.717, 1.165) is 22.4 Å². The first-order valence-electron chi connectivity index (χ1n) is 9.33. The van der Waals surface area contributed by atoms with Crippen molar-refractivity contribution >= 4 is 46.0 Å². The third kappa shape index (κ3) is 4.06. The molecule has 0 spiro atoms. The van der Waals surface area contributed by atoms with Crippen LogP contribution in [0.25, 0.3) is 6.08 Å². The van der Waals surface area contributed by atoms with E-state index in [-0.39, 0.29) is 17.5 Å². The van der Waals surface area contributed by atoms with Crippen molar-refractivity contribution in [3.63, 3.8) is 0 Å². The second kappa shape index (κ2) is 8.04. The van der Waals surface area contributed by atoms with Crippen LogP contribution in [0.4, 0.5) is 10.8 Å². The summed E-state index contributed by atoms with van der Waals surface area (Å²) in [5, 5.41) is 2.30. The van der Waals surface area contributed by atoms with Gasteiger partial charge in [-0.25, -0.2) is 14.8 Å². The quantitative estimate of drug-likeness (QED) is 0.452. The van der Waals surface area contributed by atoms with E-state index < -0.39 is 5.97 Å². The van der Waals surface area contributed by atoms with Crippen LogP contribution >= 0.6 is 11.3 Å². The fourth-order valence-electron chi connectivity index (χ4n) is 3.22. The van der Waals surface area contributed by atoms with Gasteiger partial charge in [-0.05, 0) is 44.2 Å². The Labute approximate surface area is 178 Å². The van der Waals surface area contributed by atoms with Crippen molar-refractivity contribution in [1.29, 1.82) is 0 Å². The summed E-state index contributed by atoms with van der Waals surface area (Å²) in [6.45, 7) is 5.45. The Hall–Kier alpha value is -3.58. The van der Waals surface area contributed by atoms with E-state index in [1.165, 1.54) is 23.2 Å². The molecule has 2 aromatic carbocycles. The van der Waals surface area contributed by atoms with Crippen LogP contribution in [0.2, 0.25) is 0 Å². The number of aryl methyl sites for hydroxylation is 2. The highest BCUT2D eigenvalue weighted by molar-refractivity contribution is 7.14. The molecule has 0 saturated heterocycles. The van der Waals surface area contributed by atoms with E-state index in [4.69, 9.17) is 4.74 Å². The lowest BCUT2D eigenvalue weighted by molar-refractivity contribution is -0.130. The lowest BCUT2D eigenvalue weighted by atomic mass is 10.1. The predicted octanol–water partition coefficient (Wildman–Crippen LogP) is 4.79. The molecule has 30 heavy (non-hydrogen) atoms. The van der Waals surface area contributed by atoms with Gasteiger partial charge in [0.05, 0.1) is 11.4 Å². The van der Waals surface area contributed by atoms with Crippen LogP contribution in [0.15, 0.2) is 64.6 Å². The number of carbonyl (C=O) groups is 2. The molecule has 0 N–H and O–H groups in total. The molecule has 0 aliphatic carbocycles. The molecule has 6 nitrogen and oxygen atoms in total. The van der Waals surface area contributed by atoms with Gasteiger partial charge in [0, 0.05) is 17.9 Å². The molecule has 2 heterocycles. The Morgan fingerprint density at radius 3 is 2.47 bits per heavy atom. The number of hydrogen-bond acceptors (Lipinski definition) is 6. The molecular formula is C23H19N3O3S. The second-order valence-electron chi connectivity index (χ2n) is 6.96. The summed E-state index contributed by atoms with van der Waals surface area (Å²) in [4.78, 5) is 34.9. The molecule has 1 aliphatic heterocycles. The summed E-state index contributed by atoms with van der Waals surface area (Å²) >= 11 is 1.32. The van der Waals surface area contributed by atoms with Gasteiger partial charge >= 0.3 is 5.97 Å². The molecule has 7 heteroatoms. The molecule has 3 aromatic rings. The number of rotatable bonds is 4. The minimum Gasteiger partial charge on any atom is -0.402 e. The zero-order chi connectivity index (χ0) is 21.3. The maximum Gasteiger partial charge on any atom is 0.363 e. The van der Waals surface area contributed by atoms with Crippen LogP contribution in [0.5, 0.6) is 0 Å². The number of nitrogens with zero attached hydrogens (tertiary/aromatic N) is 3. The Kier molecular flexibility index (Phi) is 5.29. The van der Waals surface area contributed by atoms with Crippen LogP contribution in [0, 0.1) is 13.8 Å². The summed E-state index contributed by atoms with van der Waals surface area (Å²) in [5.74, 6) is -0.390. The van der Waals surface area contributed by atoms with Gasteiger partial charge in [-0.3, -0.25) is 9.69 Å². The Balaban J connectivity index is 1.64. The SMILES string of the molecule is CC(=O)N(c1ccccc1)c1nc(/C=C2\N=C(c3cc(C)cc(C)c3)OC2=O)cs1. The second-order valence-corrected chi connectivity index (χ2v) is 7.79. The minimum atomic E-state index is -0.523. The number of ether oxygens (including phenoxy) is 1. The molecule has 0 saturated carbocycles. The number of benzene rings is 2. The molecule has 0 radical (unpaired) electrons. The molecule has 1 aromatic heterocycles. The van der Waals surface area contributed by atoms with Crippen molar-refractivity contribution in [3.8, 4) is 0 Å². The normalized spacial score (nSPS) is 14.6. The summed E-state index contributed by atoms with van der Waals surface area (Å²) < 4.78 is 5.36. The molecule has 0 unspecified atom stereocenters. The molecule has 1 amide bonds. The Bertz CT molecular complexity index is 1180. The fraction of sp³-hybridized carbons (Fsp3) is 0.130. The fourth-order valence-corrected chi connectivity index (χ4v) is 4.06. The van der Waals surface area contributed by atoms with Crippen LogP contribution in [-0.2, 0) is 14.3 Å².